The molecule has 7 heteroatoms. The van der Waals surface area contributed by atoms with E-state index < -0.39 is 10.0 Å². The van der Waals surface area contributed by atoms with E-state index in [4.69, 9.17) is 16.0 Å². The normalized spacial score (nSPS) is 18.8. The number of furan rings is 1. The van der Waals surface area contributed by atoms with E-state index in [0.29, 0.717) is 6.54 Å². The van der Waals surface area contributed by atoms with Crippen LogP contribution in [0.3, 0.4) is 0 Å². The summed E-state index contributed by atoms with van der Waals surface area (Å²) in [5.41, 5.74) is 0. The molecule has 0 aliphatic carbocycles. The Kier molecular flexibility index (Phi) is 5.27. The Morgan fingerprint density at radius 3 is 2.74 bits per heavy atom. The molecule has 1 aromatic heterocycles. The number of sulfonamides is 1. The molecule has 1 fully saturated rings. The van der Waals surface area contributed by atoms with Gasteiger partial charge in [0.15, 0.2) is 0 Å². The van der Waals surface area contributed by atoms with Crippen LogP contribution in [0.2, 0.25) is 0 Å². The predicted octanol–water partition coefficient (Wildman–Crippen LogP) is 1.57. The van der Waals surface area contributed by atoms with Crippen molar-refractivity contribution in [3.8, 4) is 0 Å². The zero-order valence-corrected chi connectivity index (χ0v) is 12.3. The van der Waals surface area contributed by atoms with Gasteiger partial charge in [0.05, 0.1) is 18.1 Å². The molecule has 108 valence electrons. The molecule has 1 N–H and O–H groups in total. The molecule has 19 heavy (non-hydrogen) atoms. The summed E-state index contributed by atoms with van der Waals surface area (Å²) in [5, 5.41) is 0. The van der Waals surface area contributed by atoms with Crippen LogP contribution in [0.4, 0.5) is 0 Å². The molecule has 1 unspecified atom stereocenters. The number of alkyl halides is 1. The third kappa shape index (κ3) is 4.21. The summed E-state index contributed by atoms with van der Waals surface area (Å²) < 4.78 is 31.4. The first-order valence-electron chi connectivity index (χ1n) is 6.43. The SMILES string of the molecule is O=S(=O)(CCCl)NCC(c1ccco1)N1CCCC1. The van der Waals surface area contributed by atoms with Gasteiger partial charge in [-0.2, -0.15) is 0 Å². The van der Waals surface area contributed by atoms with Gasteiger partial charge >= 0.3 is 0 Å². The molecule has 0 radical (unpaired) electrons. The highest BCUT2D eigenvalue weighted by Crippen LogP contribution is 2.25. The highest BCUT2D eigenvalue weighted by Gasteiger charge is 2.26. The summed E-state index contributed by atoms with van der Waals surface area (Å²) in [4.78, 5) is 2.25. The first kappa shape index (κ1) is 14.8. The Hall–Kier alpha value is -0.560. The molecule has 2 heterocycles. The van der Waals surface area contributed by atoms with Gasteiger partial charge in [0.2, 0.25) is 10.0 Å². The van der Waals surface area contributed by atoms with Crippen LogP contribution < -0.4 is 4.72 Å². The maximum atomic E-state index is 11.7. The van der Waals surface area contributed by atoms with E-state index in [1.807, 2.05) is 12.1 Å². The zero-order chi connectivity index (χ0) is 13.7. The van der Waals surface area contributed by atoms with Gasteiger partial charge in [-0.3, -0.25) is 4.90 Å². The summed E-state index contributed by atoms with van der Waals surface area (Å²) in [6.45, 7) is 2.28. The van der Waals surface area contributed by atoms with E-state index in [2.05, 4.69) is 9.62 Å². The summed E-state index contributed by atoms with van der Waals surface area (Å²) in [6.07, 6.45) is 3.91. The molecule has 0 aromatic carbocycles. The van der Waals surface area contributed by atoms with Crippen molar-refractivity contribution in [3.05, 3.63) is 24.2 Å². The van der Waals surface area contributed by atoms with Crippen LogP contribution in [-0.2, 0) is 10.0 Å². The molecule has 1 atom stereocenters. The largest absolute Gasteiger partial charge is 0.468 e. The molecule has 1 aromatic rings. The van der Waals surface area contributed by atoms with E-state index in [9.17, 15) is 8.42 Å². The van der Waals surface area contributed by atoms with Gasteiger partial charge in [-0.15, -0.1) is 11.6 Å². The topological polar surface area (TPSA) is 62.6 Å². The monoisotopic (exact) mass is 306 g/mol. The number of hydrogen-bond acceptors (Lipinski definition) is 4. The standard InChI is InChI=1S/C12H19ClN2O3S/c13-5-9-19(16,17)14-10-11(12-4-3-8-18-12)15-6-1-2-7-15/h3-4,8,11,14H,1-2,5-7,9-10H2. The van der Waals surface area contributed by atoms with Crippen molar-refractivity contribution >= 4 is 21.6 Å². The fourth-order valence-corrected chi connectivity index (χ4v) is 3.69. The van der Waals surface area contributed by atoms with Gasteiger partial charge in [-0.05, 0) is 38.1 Å². The van der Waals surface area contributed by atoms with Gasteiger partial charge in [0.1, 0.15) is 5.76 Å². The smallest absolute Gasteiger partial charge is 0.212 e. The number of rotatable bonds is 7. The number of halogens is 1. The lowest BCUT2D eigenvalue weighted by Crippen LogP contribution is -2.37. The summed E-state index contributed by atoms with van der Waals surface area (Å²) >= 11 is 5.48. The van der Waals surface area contributed by atoms with Gasteiger partial charge in [0, 0.05) is 12.4 Å². The molecule has 1 aliphatic rings. The highest BCUT2D eigenvalue weighted by atomic mass is 35.5. The maximum absolute atomic E-state index is 11.7. The second kappa shape index (κ2) is 6.74. The average Bonchev–Trinajstić information content (AvgIpc) is 3.01. The second-order valence-electron chi connectivity index (χ2n) is 4.63. The Bertz CT molecular complexity index is 469. The van der Waals surface area contributed by atoms with Crippen LogP contribution in [0, 0.1) is 0 Å². The van der Waals surface area contributed by atoms with Gasteiger partial charge in [-0.25, -0.2) is 13.1 Å². The first-order chi connectivity index (χ1) is 9.12. The van der Waals surface area contributed by atoms with E-state index in [1.54, 1.807) is 6.26 Å². The number of nitrogens with one attached hydrogen (secondary N) is 1. The second-order valence-corrected chi connectivity index (χ2v) is 6.93. The molecule has 0 spiro atoms. The van der Waals surface area contributed by atoms with Crippen molar-refractivity contribution in [1.82, 2.24) is 9.62 Å². The van der Waals surface area contributed by atoms with Crippen LogP contribution in [0.25, 0.3) is 0 Å². The fourth-order valence-electron chi connectivity index (χ4n) is 2.32. The molecule has 1 saturated heterocycles. The van der Waals surface area contributed by atoms with Gasteiger partial charge < -0.3 is 4.42 Å². The molecule has 5 nitrogen and oxygen atoms in total. The van der Waals surface area contributed by atoms with Crippen LogP contribution in [-0.4, -0.2) is 44.6 Å². The van der Waals surface area contributed by atoms with Crippen molar-refractivity contribution in [3.63, 3.8) is 0 Å². The summed E-state index contributed by atoms with van der Waals surface area (Å²) in [6, 6.07) is 3.67. The predicted molar refractivity (Wildman–Crippen MR) is 74.8 cm³/mol. The lowest BCUT2D eigenvalue weighted by molar-refractivity contribution is 0.216. The molecule has 0 bridgehead atoms. The van der Waals surface area contributed by atoms with Crippen molar-refractivity contribution < 1.29 is 12.8 Å². The number of nitrogens with zero attached hydrogens (tertiary/aromatic N) is 1. The quantitative estimate of drug-likeness (QED) is 0.777. The molecule has 1 aliphatic heterocycles. The number of hydrogen-bond donors (Lipinski definition) is 1. The fraction of sp³-hybridized carbons (Fsp3) is 0.667. The van der Waals surface area contributed by atoms with Crippen molar-refractivity contribution in [2.45, 2.75) is 18.9 Å². The van der Waals surface area contributed by atoms with Crippen molar-refractivity contribution in [2.24, 2.45) is 0 Å². The Balaban J connectivity index is 2.02. The molecular formula is C12H19ClN2O3S. The summed E-state index contributed by atoms with van der Waals surface area (Å²) in [7, 11) is -3.30. The third-order valence-corrected chi connectivity index (χ3v) is 5.06. The molecule has 0 amide bonds. The van der Waals surface area contributed by atoms with Gasteiger partial charge in [0.25, 0.3) is 0 Å². The zero-order valence-electron chi connectivity index (χ0n) is 10.7. The summed E-state index contributed by atoms with van der Waals surface area (Å²) in [5.74, 6) is 0.847. The van der Waals surface area contributed by atoms with E-state index >= 15 is 0 Å². The van der Waals surface area contributed by atoms with Crippen molar-refractivity contribution in [2.75, 3.05) is 31.3 Å². The van der Waals surface area contributed by atoms with Crippen LogP contribution in [0.5, 0.6) is 0 Å². The minimum Gasteiger partial charge on any atom is -0.468 e. The Labute approximate surface area is 119 Å². The number of likely N-dealkylation sites (tertiary alicyclic amines) is 1. The minimum absolute atomic E-state index is 0.0393. The maximum Gasteiger partial charge on any atom is 0.212 e. The lowest BCUT2D eigenvalue weighted by Gasteiger charge is -2.25. The van der Waals surface area contributed by atoms with Crippen LogP contribution in [0.1, 0.15) is 24.6 Å². The first-order valence-corrected chi connectivity index (χ1v) is 8.62. The Morgan fingerprint density at radius 1 is 1.42 bits per heavy atom. The third-order valence-electron chi connectivity index (χ3n) is 3.30. The molecule has 0 saturated carbocycles. The Morgan fingerprint density at radius 2 is 2.16 bits per heavy atom. The average molecular weight is 307 g/mol. The highest BCUT2D eigenvalue weighted by molar-refractivity contribution is 7.89. The van der Waals surface area contributed by atoms with E-state index in [1.165, 1.54) is 0 Å². The molecular weight excluding hydrogens is 288 g/mol. The molecule has 2 rings (SSSR count). The van der Waals surface area contributed by atoms with Crippen LogP contribution in [0.15, 0.2) is 22.8 Å². The van der Waals surface area contributed by atoms with Crippen molar-refractivity contribution in [1.29, 1.82) is 0 Å². The van der Waals surface area contributed by atoms with Gasteiger partial charge in [-0.1, -0.05) is 0 Å². The minimum atomic E-state index is -3.30. The van der Waals surface area contributed by atoms with E-state index in [0.717, 1.165) is 31.7 Å². The van der Waals surface area contributed by atoms with Crippen LogP contribution >= 0.6 is 11.6 Å². The lowest BCUT2D eigenvalue weighted by atomic mass is 10.2. The van der Waals surface area contributed by atoms with E-state index in [-0.39, 0.29) is 17.7 Å².